The van der Waals surface area contributed by atoms with E-state index in [2.05, 4.69) is 0 Å². The van der Waals surface area contributed by atoms with Crippen LogP contribution in [0.15, 0.2) is 12.2 Å². The summed E-state index contributed by atoms with van der Waals surface area (Å²) in [6.07, 6.45) is 4.15. The number of esters is 1. The molecule has 1 heterocycles. The summed E-state index contributed by atoms with van der Waals surface area (Å²) in [6.45, 7) is 6.60. The van der Waals surface area contributed by atoms with E-state index in [0.29, 0.717) is 13.2 Å². The first-order valence-corrected chi connectivity index (χ1v) is 5.13. The van der Waals surface area contributed by atoms with Crippen LogP contribution in [0.1, 0.15) is 27.2 Å². The number of carbonyl (C=O) groups is 1. The zero-order valence-corrected chi connectivity index (χ0v) is 9.49. The third-order valence-corrected chi connectivity index (χ3v) is 1.85. The second-order valence-electron chi connectivity index (χ2n) is 4.55. The highest BCUT2D eigenvalue weighted by Crippen LogP contribution is 2.13. The zero-order chi connectivity index (χ0) is 11.3. The van der Waals surface area contributed by atoms with Crippen LogP contribution in [0.4, 0.5) is 0 Å². The van der Waals surface area contributed by atoms with E-state index in [0.717, 1.165) is 6.42 Å². The lowest BCUT2D eigenvalue weighted by Gasteiger charge is -2.19. The zero-order valence-electron chi connectivity index (χ0n) is 9.49. The second kappa shape index (κ2) is 5.28. The summed E-state index contributed by atoms with van der Waals surface area (Å²) in [7, 11) is 0. The van der Waals surface area contributed by atoms with Crippen molar-refractivity contribution in [2.45, 2.75) is 32.8 Å². The van der Waals surface area contributed by atoms with Crippen molar-refractivity contribution in [1.29, 1.82) is 0 Å². The molecular formula is C11H18O4. The third kappa shape index (κ3) is 5.54. The van der Waals surface area contributed by atoms with Crippen molar-refractivity contribution in [1.82, 2.24) is 0 Å². The van der Waals surface area contributed by atoms with E-state index in [1.54, 1.807) is 0 Å². The van der Waals surface area contributed by atoms with Crippen LogP contribution in [0, 0.1) is 5.92 Å². The lowest BCUT2D eigenvalue weighted by molar-refractivity contribution is -0.320. The summed E-state index contributed by atoms with van der Waals surface area (Å²) in [5, 5.41) is 0. The standard InChI is InChI=1S/C11H18O4/c1-11(2,3)15-10(12)5-4-9-6-7-13-14-8-9/h4-5,9H,6-8H2,1-3H3/b5-4+. The fourth-order valence-corrected chi connectivity index (χ4v) is 1.18. The van der Waals surface area contributed by atoms with Crippen molar-refractivity contribution in [3.8, 4) is 0 Å². The Morgan fingerprint density at radius 3 is 2.67 bits per heavy atom. The molecule has 15 heavy (non-hydrogen) atoms. The largest absolute Gasteiger partial charge is 0.457 e. The maximum atomic E-state index is 11.3. The third-order valence-electron chi connectivity index (χ3n) is 1.85. The Balaban J connectivity index is 2.33. The highest BCUT2D eigenvalue weighted by molar-refractivity contribution is 5.82. The van der Waals surface area contributed by atoms with Crippen LogP contribution in [0.3, 0.4) is 0 Å². The van der Waals surface area contributed by atoms with Gasteiger partial charge in [0, 0.05) is 12.0 Å². The molecule has 0 aromatic heterocycles. The van der Waals surface area contributed by atoms with Crippen LogP contribution in [0.5, 0.6) is 0 Å². The van der Waals surface area contributed by atoms with Crippen LogP contribution in [0.25, 0.3) is 0 Å². The SMILES string of the molecule is CC(C)(C)OC(=O)/C=C/C1CCOOC1. The van der Waals surface area contributed by atoms with Gasteiger partial charge in [0.25, 0.3) is 0 Å². The topological polar surface area (TPSA) is 44.8 Å². The molecule has 0 N–H and O–H groups in total. The first kappa shape index (κ1) is 12.2. The highest BCUT2D eigenvalue weighted by atomic mass is 17.2. The molecular weight excluding hydrogens is 196 g/mol. The molecule has 1 saturated heterocycles. The summed E-state index contributed by atoms with van der Waals surface area (Å²) < 4.78 is 5.13. The summed E-state index contributed by atoms with van der Waals surface area (Å²) in [6, 6.07) is 0. The van der Waals surface area contributed by atoms with Crippen molar-refractivity contribution >= 4 is 5.97 Å². The smallest absolute Gasteiger partial charge is 0.330 e. The summed E-state index contributed by atoms with van der Waals surface area (Å²) >= 11 is 0. The summed E-state index contributed by atoms with van der Waals surface area (Å²) in [4.78, 5) is 20.9. The number of hydrogen-bond donors (Lipinski definition) is 0. The van der Waals surface area contributed by atoms with Gasteiger partial charge in [-0.15, -0.1) is 0 Å². The van der Waals surface area contributed by atoms with Gasteiger partial charge in [-0.25, -0.2) is 14.6 Å². The van der Waals surface area contributed by atoms with Crippen LogP contribution in [-0.4, -0.2) is 24.8 Å². The van der Waals surface area contributed by atoms with Crippen molar-refractivity contribution in [3.63, 3.8) is 0 Å². The van der Waals surface area contributed by atoms with Crippen molar-refractivity contribution in [2.75, 3.05) is 13.2 Å². The molecule has 0 aliphatic carbocycles. The monoisotopic (exact) mass is 214 g/mol. The van der Waals surface area contributed by atoms with E-state index in [9.17, 15) is 4.79 Å². The van der Waals surface area contributed by atoms with Crippen LogP contribution in [0.2, 0.25) is 0 Å². The Morgan fingerprint density at radius 1 is 1.40 bits per heavy atom. The van der Waals surface area contributed by atoms with Crippen LogP contribution < -0.4 is 0 Å². The average Bonchev–Trinajstić information content (AvgIpc) is 2.14. The lowest BCUT2D eigenvalue weighted by atomic mass is 10.1. The predicted molar refractivity (Wildman–Crippen MR) is 55.0 cm³/mol. The second-order valence-corrected chi connectivity index (χ2v) is 4.55. The Labute approximate surface area is 90.1 Å². The van der Waals surface area contributed by atoms with Gasteiger partial charge in [-0.3, -0.25) is 0 Å². The minimum Gasteiger partial charge on any atom is -0.457 e. The molecule has 86 valence electrons. The molecule has 4 heteroatoms. The Bertz CT molecular complexity index is 233. The van der Waals surface area contributed by atoms with Gasteiger partial charge in [0.15, 0.2) is 0 Å². The number of carbonyl (C=O) groups excluding carboxylic acids is 1. The number of ether oxygens (including phenoxy) is 1. The number of hydrogen-bond acceptors (Lipinski definition) is 4. The van der Waals surface area contributed by atoms with Crippen LogP contribution in [-0.2, 0) is 19.3 Å². The lowest BCUT2D eigenvalue weighted by Crippen LogP contribution is -2.23. The van der Waals surface area contributed by atoms with Crippen LogP contribution >= 0.6 is 0 Å². The van der Waals surface area contributed by atoms with Gasteiger partial charge in [0.1, 0.15) is 5.60 Å². The molecule has 0 aromatic carbocycles. The van der Waals surface area contributed by atoms with Gasteiger partial charge < -0.3 is 4.74 Å². The van der Waals surface area contributed by atoms with Gasteiger partial charge in [-0.1, -0.05) is 6.08 Å². The van der Waals surface area contributed by atoms with Crippen molar-refractivity contribution in [2.24, 2.45) is 5.92 Å². The molecule has 1 fully saturated rings. The average molecular weight is 214 g/mol. The van der Waals surface area contributed by atoms with E-state index in [1.807, 2.05) is 26.8 Å². The molecule has 1 rings (SSSR count). The Kier molecular flexibility index (Phi) is 4.29. The van der Waals surface area contributed by atoms with E-state index in [1.165, 1.54) is 6.08 Å². The minimum atomic E-state index is -0.437. The minimum absolute atomic E-state index is 0.242. The molecule has 1 unspecified atom stereocenters. The summed E-state index contributed by atoms with van der Waals surface area (Å²) in [5.41, 5.74) is -0.437. The van der Waals surface area contributed by atoms with Gasteiger partial charge in [-0.05, 0) is 27.2 Å². The Morgan fingerprint density at radius 2 is 2.13 bits per heavy atom. The molecule has 4 nitrogen and oxygen atoms in total. The molecule has 1 aliphatic rings. The van der Waals surface area contributed by atoms with E-state index in [4.69, 9.17) is 14.5 Å². The Hall–Kier alpha value is -0.870. The molecule has 0 spiro atoms. The molecule has 0 radical (unpaired) electrons. The molecule has 1 aliphatic heterocycles. The van der Waals surface area contributed by atoms with E-state index >= 15 is 0 Å². The summed E-state index contributed by atoms with van der Waals surface area (Å²) in [5.74, 6) is -0.0692. The fourth-order valence-electron chi connectivity index (χ4n) is 1.18. The molecule has 0 amide bonds. The fraction of sp³-hybridized carbons (Fsp3) is 0.727. The van der Waals surface area contributed by atoms with Crippen molar-refractivity contribution in [3.05, 3.63) is 12.2 Å². The van der Waals surface area contributed by atoms with E-state index < -0.39 is 5.60 Å². The molecule has 0 saturated carbocycles. The quantitative estimate of drug-likeness (QED) is 0.400. The van der Waals surface area contributed by atoms with Gasteiger partial charge in [0.05, 0.1) is 13.2 Å². The first-order chi connectivity index (χ1) is 6.97. The maximum absolute atomic E-state index is 11.3. The van der Waals surface area contributed by atoms with Crippen molar-refractivity contribution < 1.29 is 19.3 Å². The molecule has 0 bridgehead atoms. The molecule has 0 aromatic rings. The number of rotatable bonds is 2. The first-order valence-electron chi connectivity index (χ1n) is 5.13. The normalized spacial score (nSPS) is 23.0. The van der Waals surface area contributed by atoms with Gasteiger partial charge >= 0.3 is 5.97 Å². The maximum Gasteiger partial charge on any atom is 0.330 e. The van der Waals surface area contributed by atoms with E-state index in [-0.39, 0.29) is 11.9 Å². The predicted octanol–water partition coefficient (Wildman–Crippen LogP) is 1.85. The molecule has 1 atom stereocenters. The van der Waals surface area contributed by atoms with Gasteiger partial charge in [0.2, 0.25) is 0 Å². The highest BCUT2D eigenvalue weighted by Gasteiger charge is 2.15. The van der Waals surface area contributed by atoms with Gasteiger partial charge in [-0.2, -0.15) is 0 Å².